The summed E-state index contributed by atoms with van der Waals surface area (Å²) >= 11 is 5.94. The lowest BCUT2D eigenvalue weighted by Crippen LogP contribution is -2.47. The van der Waals surface area contributed by atoms with Crippen molar-refractivity contribution < 1.29 is 37.8 Å². The quantitative estimate of drug-likeness (QED) is 0.420. The maximum Gasteiger partial charge on any atom is 0.490 e. The molecular formula is C25H22ClF3N4O5. The summed E-state index contributed by atoms with van der Waals surface area (Å²) < 4.78 is 31.7. The Kier molecular flexibility index (Phi) is 9.13. The number of nitrogens with zero attached hydrogens (tertiary/aromatic N) is 3. The summed E-state index contributed by atoms with van der Waals surface area (Å²) in [6, 6.07) is 17.3. The number of aliphatic carboxylic acids is 1. The predicted molar refractivity (Wildman–Crippen MR) is 135 cm³/mol. The summed E-state index contributed by atoms with van der Waals surface area (Å²) in [5, 5.41) is 20.1. The molecule has 0 atom stereocenters. The van der Waals surface area contributed by atoms with E-state index in [4.69, 9.17) is 21.5 Å². The van der Waals surface area contributed by atoms with Gasteiger partial charge in [-0.05, 0) is 48.5 Å². The van der Waals surface area contributed by atoms with Crippen molar-refractivity contribution in [2.75, 3.05) is 41.3 Å². The second-order valence-electron chi connectivity index (χ2n) is 7.97. The normalized spacial score (nSPS) is 13.3. The van der Waals surface area contributed by atoms with E-state index < -0.39 is 18.1 Å². The lowest BCUT2D eigenvalue weighted by atomic mass is 10.1. The average molecular weight is 551 g/mol. The van der Waals surface area contributed by atoms with Crippen LogP contribution in [0.15, 0.2) is 66.9 Å². The SMILES string of the molecule is O=C(Nc1ccc(N2CCN(c3ccccn3)CC2)c(C(=O)O)c1)c1cccc(Cl)c1.O=C(O)C(F)(F)F. The first-order chi connectivity index (χ1) is 18.0. The van der Waals surface area contributed by atoms with E-state index >= 15 is 0 Å². The van der Waals surface area contributed by atoms with Crippen molar-refractivity contribution in [2.24, 2.45) is 0 Å². The summed E-state index contributed by atoms with van der Waals surface area (Å²) in [5.74, 6) is -3.23. The minimum Gasteiger partial charge on any atom is -0.478 e. The number of rotatable bonds is 5. The fourth-order valence-corrected chi connectivity index (χ4v) is 3.80. The molecule has 13 heteroatoms. The molecule has 3 N–H and O–H groups in total. The van der Waals surface area contributed by atoms with Gasteiger partial charge in [0.25, 0.3) is 5.91 Å². The number of carbonyl (C=O) groups is 3. The van der Waals surface area contributed by atoms with Crippen molar-refractivity contribution in [1.82, 2.24) is 4.98 Å². The number of carboxylic acid groups (broad SMARTS) is 2. The van der Waals surface area contributed by atoms with Gasteiger partial charge in [-0.1, -0.05) is 23.7 Å². The second-order valence-corrected chi connectivity index (χ2v) is 8.40. The van der Waals surface area contributed by atoms with Crippen LogP contribution in [-0.2, 0) is 4.79 Å². The summed E-state index contributed by atoms with van der Waals surface area (Å²) in [4.78, 5) is 41.9. The van der Waals surface area contributed by atoms with Gasteiger partial charge in [0.05, 0.1) is 11.3 Å². The van der Waals surface area contributed by atoms with Gasteiger partial charge in [-0.25, -0.2) is 14.6 Å². The molecule has 9 nitrogen and oxygen atoms in total. The highest BCUT2D eigenvalue weighted by Gasteiger charge is 2.38. The number of piperazine rings is 1. The highest BCUT2D eigenvalue weighted by atomic mass is 35.5. The third-order valence-electron chi connectivity index (χ3n) is 5.41. The maximum atomic E-state index is 12.5. The van der Waals surface area contributed by atoms with Crippen molar-refractivity contribution in [3.05, 3.63) is 83.0 Å². The van der Waals surface area contributed by atoms with E-state index in [0.717, 1.165) is 18.9 Å². The topological polar surface area (TPSA) is 123 Å². The lowest BCUT2D eigenvalue weighted by molar-refractivity contribution is -0.192. The molecule has 2 aromatic carbocycles. The fourth-order valence-electron chi connectivity index (χ4n) is 3.61. The summed E-state index contributed by atoms with van der Waals surface area (Å²) in [7, 11) is 0. The molecule has 1 fully saturated rings. The molecule has 38 heavy (non-hydrogen) atoms. The van der Waals surface area contributed by atoms with Crippen LogP contribution in [0.2, 0.25) is 5.02 Å². The van der Waals surface area contributed by atoms with E-state index in [1.54, 1.807) is 42.6 Å². The number of nitrogens with one attached hydrogen (secondary N) is 1. The molecule has 1 amide bonds. The molecule has 0 unspecified atom stereocenters. The fraction of sp³-hybridized carbons (Fsp3) is 0.200. The molecule has 1 aliphatic rings. The number of benzene rings is 2. The van der Waals surface area contributed by atoms with Gasteiger partial charge in [0.15, 0.2) is 0 Å². The number of alkyl halides is 3. The standard InChI is InChI=1S/C23H21ClN4O3.C2HF3O2/c24-17-5-3-4-16(14-17)22(29)26-18-7-8-20(19(15-18)23(30)31)27-10-12-28(13-11-27)21-6-1-2-9-25-21;3-2(4,5)1(6)7/h1-9,14-15H,10-13H2,(H,26,29)(H,30,31);(H,6,7). The lowest BCUT2D eigenvalue weighted by Gasteiger charge is -2.37. The first-order valence-corrected chi connectivity index (χ1v) is 11.5. The Morgan fingerprint density at radius 1 is 0.895 bits per heavy atom. The molecule has 1 saturated heterocycles. The van der Waals surface area contributed by atoms with Crippen LogP contribution in [0, 0.1) is 0 Å². The van der Waals surface area contributed by atoms with E-state index in [1.807, 2.05) is 23.1 Å². The number of aromatic carboxylic acids is 1. The average Bonchev–Trinajstić information content (AvgIpc) is 2.89. The van der Waals surface area contributed by atoms with E-state index in [-0.39, 0.29) is 11.5 Å². The van der Waals surface area contributed by atoms with Crippen LogP contribution in [0.5, 0.6) is 0 Å². The largest absolute Gasteiger partial charge is 0.490 e. The Morgan fingerprint density at radius 3 is 2.11 bits per heavy atom. The minimum absolute atomic E-state index is 0.148. The number of pyridine rings is 1. The molecule has 2 heterocycles. The van der Waals surface area contributed by atoms with Crippen LogP contribution < -0.4 is 15.1 Å². The number of anilines is 3. The van der Waals surface area contributed by atoms with E-state index in [1.165, 1.54) is 6.07 Å². The van der Waals surface area contributed by atoms with E-state index in [0.29, 0.717) is 35.1 Å². The third kappa shape index (κ3) is 7.59. The van der Waals surface area contributed by atoms with Crippen LogP contribution in [0.3, 0.4) is 0 Å². The van der Waals surface area contributed by atoms with Crippen LogP contribution in [-0.4, -0.2) is 65.4 Å². The zero-order valence-electron chi connectivity index (χ0n) is 19.7. The van der Waals surface area contributed by atoms with Gasteiger partial charge in [0.2, 0.25) is 0 Å². The van der Waals surface area contributed by atoms with Crippen LogP contribution >= 0.6 is 11.6 Å². The molecule has 0 bridgehead atoms. The van der Waals surface area contributed by atoms with Crippen molar-refractivity contribution in [1.29, 1.82) is 0 Å². The van der Waals surface area contributed by atoms with Gasteiger partial charge in [0.1, 0.15) is 5.82 Å². The van der Waals surface area contributed by atoms with Gasteiger partial charge in [-0.2, -0.15) is 13.2 Å². The molecule has 1 aliphatic heterocycles. The zero-order valence-corrected chi connectivity index (χ0v) is 20.4. The van der Waals surface area contributed by atoms with Crippen molar-refractivity contribution in [2.45, 2.75) is 6.18 Å². The number of carboxylic acids is 2. The van der Waals surface area contributed by atoms with Gasteiger partial charge < -0.3 is 25.3 Å². The highest BCUT2D eigenvalue weighted by molar-refractivity contribution is 6.31. The Hall–Kier alpha value is -4.32. The summed E-state index contributed by atoms with van der Waals surface area (Å²) in [6.07, 6.45) is -3.32. The number of halogens is 4. The van der Waals surface area contributed by atoms with Crippen LogP contribution in [0.1, 0.15) is 20.7 Å². The molecule has 0 spiro atoms. The van der Waals surface area contributed by atoms with Crippen LogP contribution in [0.4, 0.5) is 30.4 Å². The van der Waals surface area contributed by atoms with Gasteiger partial charge in [0, 0.05) is 48.6 Å². The molecule has 1 aromatic heterocycles. The molecule has 0 aliphatic carbocycles. The molecular weight excluding hydrogens is 529 g/mol. The van der Waals surface area contributed by atoms with Crippen molar-refractivity contribution in [3.63, 3.8) is 0 Å². The van der Waals surface area contributed by atoms with E-state index in [9.17, 15) is 27.9 Å². The second kappa shape index (κ2) is 12.3. The van der Waals surface area contributed by atoms with Gasteiger partial charge in [-0.15, -0.1) is 0 Å². The molecule has 3 aromatic rings. The van der Waals surface area contributed by atoms with Gasteiger partial charge >= 0.3 is 18.1 Å². The molecule has 4 rings (SSSR count). The van der Waals surface area contributed by atoms with Crippen molar-refractivity contribution >= 4 is 46.6 Å². The minimum atomic E-state index is -5.08. The third-order valence-corrected chi connectivity index (χ3v) is 5.64. The van der Waals surface area contributed by atoms with Crippen molar-refractivity contribution in [3.8, 4) is 0 Å². The summed E-state index contributed by atoms with van der Waals surface area (Å²) in [5.41, 5.74) is 1.60. The van der Waals surface area contributed by atoms with Gasteiger partial charge in [-0.3, -0.25) is 4.79 Å². The Bertz CT molecular complexity index is 1300. The number of hydrogen-bond donors (Lipinski definition) is 3. The first kappa shape index (κ1) is 28.3. The summed E-state index contributed by atoms with van der Waals surface area (Å²) in [6.45, 7) is 2.82. The monoisotopic (exact) mass is 550 g/mol. The molecule has 0 radical (unpaired) electrons. The number of hydrogen-bond acceptors (Lipinski definition) is 6. The zero-order chi connectivity index (χ0) is 27.9. The highest BCUT2D eigenvalue weighted by Crippen LogP contribution is 2.27. The van der Waals surface area contributed by atoms with Crippen LogP contribution in [0.25, 0.3) is 0 Å². The molecule has 0 saturated carbocycles. The van der Waals surface area contributed by atoms with E-state index in [2.05, 4.69) is 15.2 Å². The smallest absolute Gasteiger partial charge is 0.478 e. The Morgan fingerprint density at radius 2 is 1.55 bits per heavy atom. The Labute approximate surface area is 220 Å². The number of carbonyl (C=O) groups excluding carboxylic acids is 1. The Balaban J connectivity index is 0.000000505. The number of aromatic nitrogens is 1. The predicted octanol–water partition coefficient (Wildman–Crippen LogP) is 4.65. The first-order valence-electron chi connectivity index (χ1n) is 11.1. The maximum absolute atomic E-state index is 12.5. The number of amides is 1. The molecule has 200 valence electrons.